The van der Waals surface area contributed by atoms with E-state index in [1.807, 2.05) is 42.6 Å². The number of pyridine rings is 1. The Morgan fingerprint density at radius 1 is 0.895 bits per heavy atom. The molecule has 0 radical (unpaired) electrons. The Labute approximate surface area is 230 Å². The number of ether oxygens (including phenoxy) is 1. The summed E-state index contributed by atoms with van der Waals surface area (Å²) in [6, 6.07) is 25.3. The van der Waals surface area contributed by atoms with Crippen LogP contribution in [0.2, 0.25) is 0 Å². The number of anilines is 1. The largest absolute Gasteiger partial charge is 0.457 e. The number of hydrogen-bond donors (Lipinski definition) is 1. The zero-order valence-electron chi connectivity index (χ0n) is 22.2. The van der Waals surface area contributed by atoms with Crippen molar-refractivity contribution in [1.29, 1.82) is 0 Å². The van der Waals surface area contributed by atoms with E-state index in [2.05, 4.69) is 72.0 Å². The Morgan fingerprint density at radius 2 is 1.58 bits per heavy atom. The molecule has 5 nitrogen and oxygen atoms in total. The smallest absolute Gasteiger partial charge is 0.174 e. The monoisotopic (exact) mass is 522 g/mol. The summed E-state index contributed by atoms with van der Waals surface area (Å²) < 4.78 is 8.66. The SMILES string of the molecule is Cc1ccc(Oc2ccc(N3C(=S)N[C@@H](c4ccccn4)[C@H]3c3cc(C)n(C4CCCC4)c3C)cc2)cc1. The van der Waals surface area contributed by atoms with E-state index < -0.39 is 0 Å². The van der Waals surface area contributed by atoms with Gasteiger partial charge in [0.25, 0.3) is 0 Å². The van der Waals surface area contributed by atoms with Crippen LogP contribution < -0.4 is 15.0 Å². The quantitative estimate of drug-likeness (QED) is 0.261. The first-order chi connectivity index (χ1) is 18.5. The van der Waals surface area contributed by atoms with E-state index in [-0.39, 0.29) is 12.1 Å². The maximum Gasteiger partial charge on any atom is 0.174 e. The van der Waals surface area contributed by atoms with Crippen LogP contribution in [0.4, 0.5) is 5.69 Å². The fourth-order valence-corrected chi connectivity index (χ4v) is 6.54. The van der Waals surface area contributed by atoms with Crippen molar-refractivity contribution in [2.45, 2.75) is 64.6 Å². The summed E-state index contributed by atoms with van der Waals surface area (Å²) in [5.74, 6) is 1.63. The first-order valence-electron chi connectivity index (χ1n) is 13.5. The van der Waals surface area contributed by atoms with Gasteiger partial charge >= 0.3 is 0 Å². The van der Waals surface area contributed by atoms with Gasteiger partial charge in [-0.2, -0.15) is 0 Å². The number of aromatic nitrogens is 2. The highest BCUT2D eigenvalue weighted by Crippen LogP contribution is 2.45. The maximum atomic E-state index is 6.09. The number of benzene rings is 2. The van der Waals surface area contributed by atoms with Crippen molar-refractivity contribution in [2.24, 2.45) is 0 Å². The number of rotatable bonds is 6. The summed E-state index contributed by atoms with van der Waals surface area (Å²) in [6.45, 7) is 6.59. The molecule has 2 aromatic carbocycles. The standard InChI is InChI=1S/C32H34N4OS/c1-21-11-15-26(16-12-21)37-27-17-13-25(14-18-27)36-31(30(34-32(36)38)29-10-6-7-19-33-29)28-20-22(2)35(23(28)3)24-8-4-5-9-24/h6-7,10-20,24,30-31H,4-5,8-9H2,1-3H3,(H,34,38)/t30-,31+/m0/s1. The fraction of sp³-hybridized carbons (Fsp3) is 0.312. The van der Waals surface area contributed by atoms with Crippen molar-refractivity contribution >= 4 is 23.0 Å². The Hall–Kier alpha value is -3.64. The van der Waals surface area contributed by atoms with Gasteiger partial charge in [-0.15, -0.1) is 0 Å². The lowest BCUT2D eigenvalue weighted by Gasteiger charge is -2.28. The molecule has 0 spiro atoms. The zero-order chi connectivity index (χ0) is 26.2. The molecule has 1 aliphatic heterocycles. The van der Waals surface area contributed by atoms with Crippen molar-refractivity contribution in [2.75, 3.05) is 4.90 Å². The van der Waals surface area contributed by atoms with Crippen LogP contribution in [0.15, 0.2) is 79.0 Å². The van der Waals surface area contributed by atoms with Crippen molar-refractivity contribution in [3.63, 3.8) is 0 Å². The molecule has 3 heterocycles. The zero-order valence-corrected chi connectivity index (χ0v) is 23.0. The lowest BCUT2D eigenvalue weighted by atomic mass is 9.96. The fourth-order valence-electron chi connectivity index (χ4n) is 6.19. The number of thiocarbonyl (C=S) groups is 1. The Balaban J connectivity index is 1.37. The van der Waals surface area contributed by atoms with Crippen LogP contribution in [-0.2, 0) is 0 Å². The molecule has 0 unspecified atom stereocenters. The molecule has 0 bridgehead atoms. The second-order valence-electron chi connectivity index (χ2n) is 10.5. The lowest BCUT2D eigenvalue weighted by molar-refractivity contribution is 0.482. The maximum absolute atomic E-state index is 6.09. The van der Waals surface area contributed by atoms with E-state index >= 15 is 0 Å². The molecule has 2 aromatic heterocycles. The molecule has 6 rings (SSSR count). The van der Waals surface area contributed by atoms with Crippen molar-refractivity contribution < 1.29 is 4.74 Å². The summed E-state index contributed by atoms with van der Waals surface area (Å²) in [5.41, 5.74) is 7.20. The molecule has 6 heteroatoms. The minimum atomic E-state index is -0.0512. The van der Waals surface area contributed by atoms with Crippen LogP contribution in [0.5, 0.6) is 11.5 Å². The van der Waals surface area contributed by atoms with Gasteiger partial charge < -0.3 is 19.5 Å². The van der Waals surface area contributed by atoms with Gasteiger partial charge in [-0.05, 0) is 106 Å². The van der Waals surface area contributed by atoms with E-state index in [1.54, 1.807) is 0 Å². The van der Waals surface area contributed by atoms with Crippen LogP contribution in [0.3, 0.4) is 0 Å². The van der Waals surface area contributed by atoms with Crippen molar-refractivity contribution in [1.82, 2.24) is 14.9 Å². The molecule has 194 valence electrons. The normalized spacial score (nSPS) is 19.7. The van der Waals surface area contributed by atoms with Gasteiger partial charge in [-0.1, -0.05) is 36.6 Å². The van der Waals surface area contributed by atoms with Crippen LogP contribution in [0.25, 0.3) is 0 Å². The van der Waals surface area contributed by atoms with E-state index in [0.29, 0.717) is 11.2 Å². The van der Waals surface area contributed by atoms with E-state index in [4.69, 9.17) is 21.9 Å². The summed E-state index contributed by atoms with van der Waals surface area (Å²) in [6.07, 6.45) is 7.00. The third kappa shape index (κ3) is 4.58. The third-order valence-corrected chi connectivity index (χ3v) is 8.32. The van der Waals surface area contributed by atoms with Crippen LogP contribution in [0.1, 0.15) is 72.0 Å². The molecule has 0 amide bonds. The van der Waals surface area contributed by atoms with Gasteiger partial charge in [-0.25, -0.2) is 0 Å². The number of nitrogens with zero attached hydrogens (tertiary/aromatic N) is 3. The Bertz CT molecular complexity index is 1420. The summed E-state index contributed by atoms with van der Waals surface area (Å²) >= 11 is 5.97. The van der Waals surface area contributed by atoms with Crippen molar-refractivity contribution in [3.8, 4) is 11.5 Å². The molecule has 2 atom stereocenters. The molecule has 4 aromatic rings. The second-order valence-corrected chi connectivity index (χ2v) is 10.9. The predicted octanol–water partition coefficient (Wildman–Crippen LogP) is 7.89. The molecule has 38 heavy (non-hydrogen) atoms. The van der Waals surface area contributed by atoms with Crippen LogP contribution >= 0.6 is 12.2 Å². The molecule has 1 aliphatic carbocycles. The van der Waals surface area contributed by atoms with Crippen molar-refractivity contribution in [3.05, 3.63) is 107 Å². The molecular weight excluding hydrogens is 488 g/mol. The highest BCUT2D eigenvalue weighted by atomic mass is 32.1. The van der Waals surface area contributed by atoms with Gasteiger partial charge in [0.15, 0.2) is 5.11 Å². The van der Waals surface area contributed by atoms with Gasteiger partial charge in [-0.3, -0.25) is 4.98 Å². The number of aryl methyl sites for hydroxylation is 2. The van der Waals surface area contributed by atoms with E-state index in [9.17, 15) is 0 Å². The van der Waals surface area contributed by atoms with Gasteiger partial charge in [0.2, 0.25) is 0 Å². The average Bonchev–Trinajstić information content (AvgIpc) is 3.64. The summed E-state index contributed by atoms with van der Waals surface area (Å²) in [4.78, 5) is 6.98. The Morgan fingerprint density at radius 3 is 2.24 bits per heavy atom. The third-order valence-electron chi connectivity index (χ3n) is 8.00. The predicted molar refractivity (Wildman–Crippen MR) is 157 cm³/mol. The highest BCUT2D eigenvalue weighted by Gasteiger charge is 2.42. The molecule has 1 saturated carbocycles. The summed E-state index contributed by atoms with van der Waals surface area (Å²) in [5, 5.41) is 4.32. The first kappa shape index (κ1) is 24.7. The second kappa shape index (κ2) is 10.3. The topological polar surface area (TPSA) is 42.3 Å². The lowest BCUT2D eigenvalue weighted by Crippen LogP contribution is -2.29. The molecule has 2 aliphatic rings. The van der Waals surface area contributed by atoms with E-state index in [0.717, 1.165) is 22.9 Å². The first-order valence-corrected chi connectivity index (χ1v) is 13.9. The van der Waals surface area contributed by atoms with Crippen LogP contribution in [-0.4, -0.2) is 14.7 Å². The van der Waals surface area contributed by atoms with Gasteiger partial charge in [0.1, 0.15) is 11.5 Å². The van der Waals surface area contributed by atoms with Gasteiger partial charge in [0, 0.05) is 29.3 Å². The molecular formula is C32H34N4OS. The number of nitrogens with one attached hydrogen (secondary N) is 1. The number of hydrogen-bond acceptors (Lipinski definition) is 3. The highest BCUT2D eigenvalue weighted by molar-refractivity contribution is 7.80. The minimum absolute atomic E-state index is 0.0115. The van der Waals surface area contributed by atoms with Crippen LogP contribution in [0, 0.1) is 20.8 Å². The minimum Gasteiger partial charge on any atom is -0.457 e. The molecule has 1 saturated heterocycles. The summed E-state index contributed by atoms with van der Waals surface area (Å²) in [7, 11) is 0. The Kier molecular flexibility index (Phi) is 6.66. The van der Waals surface area contributed by atoms with Gasteiger partial charge in [0.05, 0.1) is 17.8 Å². The van der Waals surface area contributed by atoms with E-state index in [1.165, 1.54) is 48.2 Å². The average molecular weight is 523 g/mol. The molecule has 2 fully saturated rings. The molecule has 1 N–H and O–H groups in total.